The molecule has 4 nitrogen and oxygen atoms in total. The molecule has 0 fully saturated rings. The number of nitrogens with one attached hydrogen (secondary N) is 1. The van der Waals surface area contributed by atoms with Crippen LogP contribution in [0.2, 0.25) is 10.3 Å². The first-order valence-electron chi connectivity index (χ1n) is 5.41. The molecule has 3 N–H and O–H groups in total. The molecular formula is C12H12Cl2N4. The minimum Gasteiger partial charge on any atom is -0.399 e. The van der Waals surface area contributed by atoms with Crippen molar-refractivity contribution in [1.82, 2.24) is 9.97 Å². The fraction of sp³-hybridized carbons (Fsp3) is 0.167. The van der Waals surface area contributed by atoms with Crippen molar-refractivity contribution in [2.24, 2.45) is 0 Å². The topological polar surface area (TPSA) is 63.8 Å². The van der Waals surface area contributed by atoms with Crippen molar-refractivity contribution in [1.29, 1.82) is 0 Å². The minimum absolute atomic E-state index is 0.175. The highest BCUT2D eigenvalue weighted by molar-refractivity contribution is 6.33. The van der Waals surface area contributed by atoms with Crippen molar-refractivity contribution in [3.63, 3.8) is 0 Å². The zero-order valence-electron chi connectivity index (χ0n) is 9.53. The molecule has 0 spiro atoms. The molecule has 18 heavy (non-hydrogen) atoms. The van der Waals surface area contributed by atoms with Gasteiger partial charge in [-0.1, -0.05) is 23.7 Å². The third-order valence-electron chi connectivity index (χ3n) is 2.40. The summed E-state index contributed by atoms with van der Waals surface area (Å²) in [7, 11) is 0. The van der Waals surface area contributed by atoms with Crippen LogP contribution in [-0.4, -0.2) is 16.5 Å². The average molecular weight is 283 g/mol. The standard InChI is InChI=1S/C12H12Cl2N4/c13-10-7-17-12(14)18-11(10)16-6-5-8-1-3-9(15)4-2-8/h1-4,7H,5-6,15H2,(H,16,17,18). The Labute approximate surface area is 115 Å². The number of aromatic nitrogens is 2. The third-order valence-corrected chi connectivity index (χ3v) is 2.86. The van der Waals surface area contributed by atoms with Crippen molar-refractivity contribution in [2.45, 2.75) is 6.42 Å². The average Bonchev–Trinajstić information content (AvgIpc) is 2.36. The highest BCUT2D eigenvalue weighted by Gasteiger charge is 2.03. The predicted molar refractivity (Wildman–Crippen MR) is 75.1 cm³/mol. The lowest BCUT2D eigenvalue weighted by Gasteiger charge is -2.07. The molecule has 1 heterocycles. The molecule has 1 aromatic carbocycles. The quantitative estimate of drug-likeness (QED) is 0.668. The smallest absolute Gasteiger partial charge is 0.224 e. The van der Waals surface area contributed by atoms with Gasteiger partial charge < -0.3 is 11.1 Å². The Morgan fingerprint density at radius 3 is 2.61 bits per heavy atom. The SMILES string of the molecule is Nc1ccc(CCNc2nc(Cl)ncc2Cl)cc1. The van der Waals surface area contributed by atoms with Gasteiger partial charge in [0.1, 0.15) is 10.8 Å². The van der Waals surface area contributed by atoms with E-state index in [4.69, 9.17) is 28.9 Å². The van der Waals surface area contributed by atoms with E-state index in [1.807, 2.05) is 24.3 Å². The van der Waals surface area contributed by atoms with E-state index in [9.17, 15) is 0 Å². The van der Waals surface area contributed by atoms with Crippen molar-refractivity contribution < 1.29 is 0 Å². The Morgan fingerprint density at radius 1 is 1.17 bits per heavy atom. The lowest BCUT2D eigenvalue weighted by molar-refractivity contribution is 1.000. The van der Waals surface area contributed by atoms with Crippen LogP contribution in [0.1, 0.15) is 5.56 Å². The van der Waals surface area contributed by atoms with Gasteiger partial charge >= 0.3 is 0 Å². The molecule has 6 heteroatoms. The Kier molecular flexibility index (Phi) is 4.23. The molecule has 0 radical (unpaired) electrons. The number of nitrogen functional groups attached to an aromatic ring is 1. The summed E-state index contributed by atoms with van der Waals surface area (Å²) in [5, 5.41) is 3.75. The number of nitrogens with zero attached hydrogens (tertiary/aromatic N) is 2. The largest absolute Gasteiger partial charge is 0.399 e. The maximum atomic E-state index is 5.94. The fourth-order valence-electron chi connectivity index (χ4n) is 1.48. The van der Waals surface area contributed by atoms with E-state index in [1.165, 1.54) is 11.8 Å². The molecule has 0 saturated heterocycles. The first-order chi connectivity index (χ1) is 8.65. The summed E-state index contributed by atoms with van der Waals surface area (Å²) in [5.74, 6) is 0.548. The second kappa shape index (κ2) is 5.89. The van der Waals surface area contributed by atoms with Crippen LogP contribution in [0, 0.1) is 0 Å². The predicted octanol–water partition coefficient (Wildman–Crippen LogP) is 3.02. The van der Waals surface area contributed by atoms with Crippen molar-refractivity contribution in [2.75, 3.05) is 17.6 Å². The van der Waals surface area contributed by atoms with Crippen LogP contribution in [0.25, 0.3) is 0 Å². The summed E-state index contributed by atoms with van der Waals surface area (Å²) >= 11 is 11.6. The van der Waals surface area contributed by atoms with Crippen LogP contribution in [0.15, 0.2) is 30.5 Å². The van der Waals surface area contributed by atoms with Crippen LogP contribution >= 0.6 is 23.2 Å². The zero-order chi connectivity index (χ0) is 13.0. The number of halogens is 2. The van der Waals surface area contributed by atoms with E-state index in [-0.39, 0.29) is 5.28 Å². The lowest BCUT2D eigenvalue weighted by atomic mass is 10.1. The maximum absolute atomic E-state index is 5.94. The molecule has 0 aliphatic carbocycles. The van der Waals surface area contributed by atoms with Crippen molar-refractivity contribution in [3.8, 4) is 0 Å². The molecule has 0 aliphatic rings. The molecule has 2 aromatic rings. The number of benzene rings is 1. The van der Waals surface area contributed by atoms with Gasteiger partial charge in [0.15, 0.2) is 0 Å². The Hall–Kier alpha value is -1.52. The summed E-state index contributed by atoms with van der Waals surface area (Å²) in [4.78, 5) is 7.79. The monoisotopic (exact) mass is 282 g/mol. The molecule has 0 bridgehead atoms. The second-order valence-electron chi connectivity index (χ2n) is 3.75. The second-order valence-corrected chi connectivity index (χ2v) is 4.50. The molecule has 0 saturated carbocycles. The fourth-order valence-corrected chi connectivity index (χ4v) is 1.77. The van der Waals surface area contributed by atoms with Gasteiger partial charge in [-0.25, -0.2) is 4.98 Å². The van der Waals surface area contributed by atoms with E-state index in [0.29, 0.717) is 17.4 Å². The van der Waals surface area contributed by atoms with Crippen molar-refractivity contribution in [3.05, 3.63) is 46.3 Å². The molecule has 0 amide bonds. The number of hydrogen-bond donors (Lipinski definition) is 2. The van der Waals surface area contributed by atoms with Crippen LogP contribution in [-0.2, 0) is 6.42 Å². The van der Waals surface area contributed by atoms with E-state index in [0.717, 1.165) is 12.1 Å². The Bertz CT molecular complexity index is 528. The van der Waals surface area contributed by atoms with Crippen LogP contribution in [0.4, 0.5) is 11.5 Å². The van der Waals surface area contributed by atoms with Gasteiger partial charge in [-0.15, -0.1) is 0 Å². The summed E-state index contributed by atoms with van der Waals surface area (Å²) in [6.45, 7) is 0.705. The first-order valence-corrected chi connectivity index (χ1v) is 6.17. The van der Waals surface area contributed by atoms with Gasteiger partial charge in [-0.2, -0.15) is 4.98 Å². The van der Waals surface area contributed by atoms with Crippen LogP contribution < -0.4 is 11.1 Å². The van der Waals surface area contributed by atoms with Gasteiger partial charge in [-0.3, -0.25) is 0 Å². The van der Waals surface area contributed by atoms with E-state index < -0.39 is 0 Å². The van der Waals surface area contributed by atoms with Gasteiger partial charge in [0.05, 0.1) is 6.20 Å². The van der Waals surface area contributed by atoms with Crippen LogP contribution in [0.5, 0.6) is 0 Å². The molecule has 1 aromatic heterocycles. The maximum Gasteiger partial charge on any atom is 0.224 e. The summed E-state index contributed by atoms with van der Waals surface area (Å²) < 4.78 is 0. The van der Waals surface area contributed by atoms with Gasteiger partial charge in [0.2, 0.25) is 5.28 Å². The van der Waals surface area contributed by atoms with Crippen molar-refractivity contribution >= 4 is 34.7 Å². The van der Waals surface area contributed by atoms with Gasteiger partial charge in [-0.05, 0) is 35.7 Å². The first kappa shape index (κ1) is 12.9. The van der Waals surface area contributed by atoms with Crippen LogP contribution in [0.3, 0.4) is 0 Å². The molecule has 0 unspecified atom stereocenters. The Morgan fingerprint density at radius 2 is 1.89 bits per heavy atom. The Balaban J connectivity index is 1.92. The molecular weight excluding hydrogens is 271 g/mol. The zero-order valence-corrected chi connectivity index (χ0v) is 11.0. The van der Waals surface area contributed by atoms with E-state index in [2.05, 4.69) is 15.3 Å². The molecule has 94 valence electrons. The molecule has 0 aliphatic heterocycles. The lowest BCUT2D eigenvalue weighted by Crippen LogP contribution is -2.07. The molecule has 0 atom stereocenters. The number of rotatable bonds is 4. The third kappa shape index (κ3) is 3.48. The van der Waals surface area contributed by atoms with Gasteiger partial charge in [0, 0.05) is 12.2 Å². The van der Waals surface area contributed by atoms with E-state index in [1.54, 1.807) is 0 Å². The van der Waals surface area contributed by atoms with E-state index >= 15 is 0 Å². The highest BCUT2D eigenvalue weighted by Crippen LogP contribution is 2.19. The summed E-state index contributed by atoms with van der Waals surface area (Å²) in [5.41, 5.74) is 7.57. The number of nitrogens with two attached hydrogens (primary N) is 1. The summed E-state index contributed by atoms with van der Waals surface area (Å²) in [6, 6.07) is 7.74. The van der Waals surface area contributed by atoms with Gasteiger partial charge in [0.25, 0.3) is 0 Å². The minimum atomic E-state index is 0.175. The highest BCUT2D eigenvalue weighted by atomic mass is 35.5. The number of hydrogen-bond acceptors (Lipinski definition) is 4. The molecule has 2 rings (SSSR count). The summed E-state index contributed by atoms with van der Waals surface area (Å²) in [6.07, 6.45) is 2.32. The number of anilines is 2. The normalized spacial score (nSPS) is 10.3.